The minimum absolute atomic E-state index is 0. The first-order valence-corrected chi connectivity index (χ1v) is 4.59. The number of aliphatic hydroxyl groups excluding tert-OH is 1. The van der Waals surface area contributed by atoms with E-state index >= 15 is 0 Å². The summed E-state index contributed by atoms with van der Waals surface area (Å²) in [5.41, 5.74) is 0. The van der Waals surface area contributed by atoms with Gasteiger partial charge in [-0.15, -0.1) is 0 Å². The predicted molar refractivity (Wildman–Crippen MR) is 45.2 cm³/mol. The van der Waals surface area contributed by atoms with Crippen molar-refractivity contribution in [1.82, 2.24) is 0 Å². The number of rotatable bonds is 3. The zero-order chi connectivity index (χ0) is 10.8. The number of carboxylic acid groups (broad SMARTS) is 1. The van der Waals surface area contributed by atoms with E-state index in [-0.39, 0.29) is 48.7 Å². The molecule has 6 heteroatoms. The smallest absolute Gasteiger partial charge is 0.550 e. The van der Waals surface area contributed by atoms with Crippen LogP contribution in [-0.2, 0) is 14.3 Å². The van der Waals surface area contributed by atoms with E-state index in [0.29, 0.717) is 6.42 Å². The summed E-state index contributed by atoms with van der Waals surface area (Å²) in [7, 11) is 0. The number of carbonyl (C=O) groups excluding carboxylic acids is 1. The number of hydrogen-bond donors (Lipinski definition) is 1. The van der Waals surface area contributed by atoms with E-state index in [2.05, 4.69) is 0 Å². The Morgan fingerprint density at radius 3 is 2.47 bits per heavy atom. The molecule has 0 aliphatic carbocycles. The molecule has 0 aromatic heterocycles. The maximum absolute atomic E-state index is 10.4. The first-order valence-electron chi connectivity index (χ1n) is 4.59. The number of hydrogen-bond acceptors (Lipinski definition) is 5. The molecule has 0 aromatic carbocycles. The van der Waals surface area contributed by atoms with E-state index in [1.54, 1.807) is 13.8 Å². The van der Waals surface area contributed by atoms with E-state index in [0.717, 1.165) is 0 Å². The van der Waals surface area contributed by atoms with Crippen molar-refractivity contribution in [2.75, 3.05) is 6.61 Å². The summed E-state index contributed by atoms with van der Waals surface area (Å²) < 4.78 is 10.7. The van der Waals surface area contributed by atoms with Gasteiger partial charge in [-0.05, 0) is 13.8 Å². The molecule has 1 heterocycles. The monoisotopic (exact) mass is 226 g/mol. The summed E-state index contributed by atoms with van der Waals surface area (Å²) in [5.74, 6) is -1.99. The van der Waals surface area contributed by atoms with Crippen LogP contribution in [0.2, 0.25) is 0 Å². The Balaban J connectivity index is 0.00000196. The van der Waals surface area contributed by atoms with Crippen molar-refractivity contribution < 1.29 is 54.0 Å². The van der Waals surface area contributed by atoms with Gasteiger partial charge in [0.25, 0.3) is 0 Å². The SMILES string of the molecule is CC1(C)OC(CO)CC(CC(=O)[O-])O1.[Na+]. The molecule has 5 nitrogen and oxygen atoms in total. The molecule has 2 unspecified atom stereocenters. The minimum Gasteiger partial charge on any atom is -0.550 e. The molecule has 1 rings (SSSR count). The normalized spacial score (nSPS) is 29.3. The van der Waals surface area contributed by atoms with Gasteiger partial charge < -0.3 is 24.5 Å². The number of carbonyl (C=O) groups is 1. The number of ether oxygens (including phenoxy) is 2. The third-order valence-electron chi connectivity index (χ3n) is 2.02. The molecule has 1 N–H and O–H groups in total. The van der Waals surface area contributed by atoms with Crippen molar-refractivity contribution in [3.63, 3.8) is 0 Å². The second-order valence-corrected chi connectivity index (χ2v) is 3.87. The van der Waals surface area contributed by atoms with Crippen molar-refractivity contribution in [1.29, 1.82) is 0 Å². The quantitative estimate of drug-likeness (QED) is 0.497. The second kappa shape index (κ2) is 6.18. The minimum atomic E-state index is -1.15. The standard InChI is InChI=1S/C9H16O5.Na/c1-9(2)13-6(4-8(11)12)3-7(5-10)14-9;/h6-7,10H,3-5H2,1-2H3,(H,11,12);/q;+1/p-1. The zero-order valence-electron chi connectivity index (χ0n) is 9.36. The molecule has 0 spiro atoms. The molecule has 0 bridgehead atoms. The van der Waals surface area contributed by atoms with Crippen molar-refractivity contribution in [3.05, 3.63) is 0 Å². The fourth-order valence-corrected chi connectivity index (χ4v) is 1.64. The van der Waals surface area contributed by atoms with Crippen molar-refractivity contribution in [2.24, 2.45) is 0 Å². The van der Waals surface area contributed by atoms with E-state index in [1.165, 1.54) is 0 Å². The van der Waals surface area contributed by atoms with Crippen LogP contribution in [0.3, 0.4) is 0 Å². The van der Waals surface area contributed by atoms with Gasteiger partial charge in [-0.3, -0.25) is 0 Å². The van der Waals surface area contributed by atoms with Crippen LogP contribution in [0.15, 0.2) is 0 Å². The Morgan fingerprint density at radius 1 is 1.47 bits per heavy atom. The Labute approximate surface area is 111 Å². The first kappa shape index (κ1) is 15.3. The Morgan fingerprint density at radius 2 is 2.00 bits per heavy atom. The molecule has 0 amide bonds. The van der Waals surface area contributed by atoms with Crippen molar-refractivity contribution in [2.45, 2.75) is 44.7 Å². The first-order chi connectivity index (χ1) is 6.43. The second-order valence-electron chi connectivity index (χ2n) is 3.87. The van der Waals surface area contributed by atoms with Crippen LogP contribution < -0.4 is 34.7 Å². The summed E-state index contributed by atoms with van der Waals surface area (Å²) in [6, 6.07) is 0. The van der Waals surface area contributed by atoms with Gasteiger partial charge in [0.15, 0.2) is 5.79 Å². The van der Waals surface area contributed by atoms with Crippen LogP contribution in [0.1, 0.15) is 26.7 Å². The van der Waals surface area contributed by atoms with E-state index in [9.17, 15) is 9.90 Å². The van der Waals surface area contributed by atoms with Gasteiger partial charge in [0.1, 0.15) is 0 Å². The van der Waals surface area contributed by atoms with Gasteiger partial charge >= 0.3 is 29.6 Å². The molecule has 1 saturated heterocycles. The fourth-order valence-electron chi connectivity index (χ4n) is 1.64. The average Bonchev–Trinajstić information content (AvgIpc) is 1.99. The number of aliphatic carboxylic acids is 1. The maximum atomic E-state index is 10.4. The number of aliphatic hydroxyl groups is 1. The van der Waals surface area contributed by atoms with Gasteiger partial charge in [-0.1, -0.05) is 0 Å². The molecular weight excluding hydrogens is 211 g/mol. The van der Waals surface area contributed by atoms with Crippen molar-refractivity contribution >= 4 is 5.97 Å². The molecule has 1 fully saturated rings. The van der Waals surface area contributed by atoms with Crippen LogP contribution in [0.5, 0.6) is 0 Å². The van der Waals surface area contributed by atoms with Gasteiger partial charge in [-0.2, -0.15) is 0 Å². The summed E-state index contributed by atoms with van der Waals surface area (Å²) in [4.78, 5) is 10.4. The summed E-state index contributed by atoms with van der Waals surface area (Å²) in [5, 5.41) is 19.3. The van der Waals surface area contributed by atoms with E-state index in [1.807, 2.05) is 0 Å². The largest absolute Gasteiger partial charge is 1.00 e. The van der Waals surface area contributed by atoms with E-state index < -0.39 is 17.9 Å². The average molecular weight is 226 g/mol. The number of carboxylic acids is 1. The van der Waals surface area contributed by atoms with Crippen LogP contribution in [0.4, 0.5) is 0 Å². The molecule has 1 aliphatic rings. The van der Waals surface area contributed by atoms with Gasteiger partial charge in [0.05, 0.1) is 18.8 Å². The maximum Gasteiger partial charge on any atom is 1.00 e. The van der Waals surface area contributed by atoms with Crippen LogP contribution >= 0.6 is 0 Å². The third kappa shape index (κ3) is 5.29. The Kier molecular flexibility index (Phi) is 6.32. The molecule has 0 saturated carbocycles. The third-order valence-corrected chi connectivity index (χ3v) is 2.02. The van der Waals surface area contributed by atoms with Crippen molar-refractivity contribution in [3.8, 4) is 0 Å². The molecular formula is C9H15NaO5. The topological polar surface area (TPSA) is 78.8 Å². The fraction of sp³-hybridized carbons (Fsp3) is 0.889. The Hall–Kier alpha value is 0.350. The molecule has 0 aromatic rings. The molecule has 0 radical (unpaired) electrons. The zero-order valence-corrected chi connectivity index (χ0v) is 11.4. The van der Waals surface area contributed by atoms with Gasteiger partial charge in [-0.25, -0.2) is 0 Å². The van der Waals surface area contributed by atoms with Gasteiger partial charge in [0, 0.05) is 18.8 Å². The molecule has 82 valence electrons. The van der Waals surface area contributed by atoms with Crippen LogP contribution in [0, 0.1) is 0 Å². The van der Waals surface area contributed by atoms with E-state index in [4.69, 9.17) is 14.6 Å². The summed E-state index contributed by atoms with van der Waals surface area (Å²) >= 11 is 0. The summed E-state index contributed by atoms with van der Waals surface area (Å²) in [6.45, 7) is 3.25. The molecule has 2 atom stereocenters. The predicted octanol–water partition coefficient (Wildman–Crippen LogP) is -3.97. The van der Waals surface area contributed by atoms with Crippen LogP contribution in [-0.4, -0.2) is 35.7 Å². The molecule has 15 heavy (non-hydrogen) atoms. The Bertz CT molecular complexity index is 219. The van der Waals surface area contributed by atoms with Gasteiger partial charge in [0.2, 0.25) is 0 Å². The molecule has 1 aliphatic heterocycles. The summed E-state index contributed by atoms with van der Waals surface area (Å²) in [6.07, 6.45) is -0.582. The van der Waals surface area contributed by atoms with Crippen LogP contribution in [0.25, 0.3) is 0 Å².